The Morgan fingerprint density at radius 1 is 1.40 bits per heavy atom. The smallest absolute Gasteiger partial charge is 0.323 e. The highest BCUT2D eigenvalue weighted by Crippen LogP contribution is 2.25. The van der Waals surface area contributed by atoms with E-state index in [0.717, 1.165) is 38.7 Å². The lowest BCUT2D eigenvalue weighted by atomic mass is 9.96. The van der Waals surface area contributed by atoms with Gasteiger partial charge >= 0.3 is 5.97 Å². The van der Waals surface area contributed by atoms with E-state index < -0.39 is 11.5 Å². The van der Waals surface area contributed by atoms with Gasteiger partial charge in [-0.15, -0.1) is 0 Å². The number of hydrogen-bond acceptors (Lipinski definition) is 4. The number of carbonyl (C=O) groups is 1. The molecule has 2 aliphatic rings. The average Bonchev–Trinajstić information content (AvgIpc) is 3.23. The summed E-state index contributed by atoms with van der Waals surface area (Å²) >= 11 is 0. The van der Waals surface area contributed by atoms with Crippen LogP contribution < -0.4 is 5.32 Å². The van der Waals surface area contributed by atoms with Gasteiger partial charge in [0.1, 0.15) is 5.54 Å². The van der Waals surface area contributed by atoms with Gasteiger partial charge in [0, 0.05) is 19.3 Å². The third kappa shape index (κ3) is 5.04. The Balaban J connectivity index is 1.59. The minimum atomic E-state index is -0.814. The summed E-state index contributed by atoms with van der Waals surface area (Å²) < 4.78 is 11.2. The molecule has 0 amide bonds. The molecule has 0 aromatic carbocycles. The topological polar surface area (TPSA) is 67.8 Å². The summed E-state index contributed by atoms with van der Waals surface area (Å²) in [4.78, 5) is 11.4. The van der Waals surface area contributed by atoms with Crippen LogP contribution in [0.4, 0.5) is 0 Å². The number of rotatable bonds is 9. The zero-order chi connectivity index (χ0) is 14.4. The monoisotopic (exact) mass is 285 g/mol. The summed E-state index contributed by atoms with van der Waals surface area (Å²) in [5.74, 6) is -0.764. The minimum Gasteiger partial charge on any atom is -0.480 e. The van der Waals surface area contributed by atoms with Crippen molar-refractivity contribution in [3.63, 3.8) is 0 Å². The van der Waals surface area contributed by atoms with Crippen molar-refractivity contribution in [1.82, 2.24) is 5.32 Å². The van der Waals surface area contributed by atoms with Crippen LogP contribution in [0, 0.1) is 0 Å². The number of hydrogen-bond donors (Lipinski definition) is 2. The van der Waals surface area contributed by atoms with Crippen LogP contribution in [-0.4, -0.2) is 48.6 Å². The second-order valence-electron chi connectivity index (χ2n) is 6.22. The number of carboxylic acids is 1. The molecule has 2 unspecified atom stereocenters. The normalized spacial score (nSPS) is 26.1. The molecule has 1 aliphatic carbocycles. The van der Waals surface area contributed by atoms with Crippen molar-refractivity contribution in [2.24, 2.45) is 0 Å². The van der Waals surface area contributed by atoms with E-state index in [2.05, 4.69) is 5.32 Å². The molecule has 2 N–H and O–H groups in total. The molecule has 116 valence electrons. The number of nitrogens with one attached hydrogen (secondary N) is 1. The first kappa shape index (κ1) is 15.7. The summed E-state index contributed by atoms with van der Waals surface area (Å²) in [6.07, 6.45) is 7.24. The number of carboxylic acid groups (broad SMARTS) is 1. The second-order valence-corrected chi connectivity index (χ2v) is 6.22. The maximum absolute atomic E-state index is 11.4. The van der Waals surface area contributed by atoms with Gasteiger partial charge in [-0.1, -0.05) is 0 Å². The Kier molecular flexibility index (Phi) is 5.81. The Bertz CT molecular complexity index is 313. The molecule has 0 aromatic heterocycles. The van der Waals surface area contributed by atoms with Crippen LogP contribution in [0.1, 0.15) is 51.9 Å². The van der Waals surface area contributed by atoms with Crippen molar-refractivity contribution < 1.29 is 19.4 Å². The molecule has 0 spiro atoms. The minimum absolute atomic E-state index is 0.235. The fourth-order valence-corrected chi connectivity index (χ4v) is 2.60. The van der Waals surface area contributed by atoms with Gasteiger partial charge in [-0.3, -0.25) is 10.1 Å². The van der Waals surface area contributed by atoms with E-state index >= 15 is 0 Å². The highest BCUT2D eigenvalue weighted by Gasteiger charge is 2.37. The van der Waals surface area contributed by atoms with E-state index in [1.807, 2.05) is 0 Å². The van der Waals surface area contributed by atoms with Crippen LogP contribution in [0.3, 0.4) is 0 Å². The highest BCUT2D eigenvalue weighted by atomic mass is 16.5. The van der Waals surface area contributed by atoms with Gasteiger partial charge in [0.2, 0.25) is 0 Å². The second kappa shape index (κ2) is 7.38. The van der Waals surface area contributed by atoms with Gasteiger partial charge in [-0.25, -0.2) is 0 Å². The maximum Gasteiger partial charge on any atom is 0.323 e. The van der Waals surface area contributed by atoms with Gasteiger partial charge in [0.15, 0.2) is 0 Å². The standard InChI is InChI=1S/C15H27NO4/c1-15(14(17)18,16-12-6-7-12)8-4-9-19-11-13-5-2-3-10-20-13/h12-13,16H,2-11H2,1H3,(H,17,18). The van der Waals surface area contributed by atoms with Gasteiger partial charge in [0.25, 0.3) is 0 Å². The number of aliphatic carboxylic acids is 1. The average molecular weight is 285 g/mol. The quantitative estimate of drug-likeness (QED) is 0.634. The summed E-state index contributed by atoms with van der Waals surface area (Å²) in [7, 11) is 0. The molecule has 0 radical (unpaired) electrons. The van der Waals surface area contributed by atoms with E-state index in [4.69, 9.17) is 9.47 Å². The zero-order valence-corrected chi connectivity index (χ0v) is 12.4. The van der Waals surface area contributed by atoms with E-state index in [-0.39, 0.29) is 6.10 Å². The van der Waals surface area contributed by atoms with Crippen molar-refractivity contribution in [2.75, 3.05) is 19.8 Å². The first-order valence-corrected chi connectivity index (χ1v) is 7.80. The molecule has 5 nitrogen and oxygen atoms in total. The third-order valence-electron chi connectivity index (χ3n) is 4.12. The lowest BCUT2D eigenvalue weighted by Gasteiger charge is -2.26. The van der Waals surface area contributed by atoms with Crippen LogP contribution in [-0.2, 0) is 14.3 Å². The highest BCUT2D eigenvalue weighted by molar-refractivity contribution is 5.78. The number of ether oxygens (including phenoxy) is 2. The molecule has 1 saturated carbocycles. The van der Waals surface area contributed by atoms with Crippen molar-refractivity contribution in [3.05, 3.63) is 0 Å². The van der Waals surface area contributed by atoms with Crippen molar-refractivity contribution in [1.29, 1.82) is 0 Å². The van der Waals surface area contributed by atoms with Crippen LogP contribution >= 0.6 is 0 Å². The lowest BCUT2D eigenvalue weighted by Crippen LogP contribution is -2.50. The largest absolute Gasteiger partial charge is 0.480 e. The SMILES string of the molecule is CC(CCCOCC1CCCCO1)(NC1CC1)C(=O)O. The van der Waals surface area contributed by atoms with E-state index in [1.165, 1.54) is 6.42 Å². The molecular formula is C15H27NO4. The van der Waals surface area contributed by atoms with Crippen LogP contribution in [0.25, 0.3) is 0 Å². The fraction of sp³-hybridized carbons (Fsp3) is 0.933. The predicted molar refractivity (Wildman–Crippen MR) is 75.8 cm³/mol. The predicted octanol–water partition coefficient (Wildman–Crippen LogP) is 1.95. The molecule has 2 rings (SSSR count). The third-order valence-corrected chi connectivity index (χ3v) is 4.12. The molecule has 20 heavy (non-hydrogen) atoms. The van der Waals surface area contributed by atoms with Crippen molar-refractivity contribution in [3.8, 4) is 0 Å². The molecule has 1 heterocycles. The summed E-state index contributed by atoms with van der Waals surface area (Å²) in [5, 5.41) is 12.6. The van der Waals surface area contributed by atoms with Crippen molar-refractivity contribution >= 4 is 5.97 Å². The molecule has 2 atom stereocenters. The molecular weight excluding hydrogens is 258 g/mol. The van der Waals surface area contributed by atoms with E-state index in [9.17, 15) is 9.90 Å². The molecule has 0 bridgehead atoms. The Labute approximate surface area is 121 Å². The Hall–Kier alpha value is -0.650. The van der Waals surface area contributed by atoms with Crippen LogP contribution in [0.15, 0.2) is 0 Å². The van der Waals surface area contributed by atoms with Crippen LogP contribution in [0.2, 0.25) is 0 Å². The molecule has 1 aliphatic heterocycles. The van der Waals surface area contributed by atoms with E-state index in [0.29, 0.717) is 25.7 Å². The fourth-order valence-electron chi connectivity index (χ4n) is 2.60. The molecule has 0 aromatic rings. The van der Waals surface area contributed by atoms with E-state index in [1.54, 1.807) is 6.92 Å². The Morgan fingerprint density at radius 2 is 2.20 bits per heavy atom. The van der Waals surface area contributed by atoms with Crippen molar-refractivity contribution in [2.45, 2.75) is 69.6 Å². The Morgan fingerprint density at radius 3 is 2.80 bits per heavy atom. The van der Waals surface area contributed by atoms with Gasteiger partial charge < -0.3 is 14.6 Å². The molecule has 2 fully saturated rings. The first-order chi connectivity index (χ1) is 9.60. The summed E-state index contributed by atoms with van der Waals surface area (Å²) in [5.41, 5.74) is -0.814. The molecule has 1 saturated heterocycles. The van der Waals surface area contributed by atoms with Gasteiger partial charge in [-0.2, -0.15) is 0 Å². The first-order valence-electron chi connectivity index (χ1n) is 7.80. The maximum atomic E-state index is 11.4. The van der Waals surface area contributed by atoms with Gasteiger partial charge in [0.05, 0.1) is 12.7 Å². The van der Waals surface area contributed by atoms with Gasteiger partial charge in [-0.05, 0) is 51.9 Å². The summed E-state index contributed by atoms with van der Waals surface area (Å²) in [6.45, 7) is 3.86. The summed E-state index contributed by atoms with van der Waals surface area (Å²) in [6, 6.07) is 0.396. The zero-order valence-electron chi connectivity index (χ0n) is 12.4. The lowest BCUT2D eigenvalue weighted by molar-refractivity contribution is -0.144. The molecule has 5 heteroatoms. The van der Waals surface area contributed by atoms with Crippen LogP contribution in [0.5, 0.6) is 0 Å².